The highest BCUT2D eigenvalue weighted by Crippen LogP contribution is 2.23. The van der Waals surface area contributed by atoms with Crippen LogP contribution in [0.1, 0.15) is 41.0 Å². The van der Waals surface area contributed by atoms with Gasteiger partial charge in [-0.15, -0.1) is 0 Å². The molecule has 0 saturated carbocycles. The first-order valence-electron chi connectivity index (χ1n) is 3.99. The lowest BCUT2D eigenvalue weighted by Gasteiger charge is -2.25. The van der Waals surface area contributed by atoms with Gasteiger partial charge in [0, 0.05) is 6.42 Å². The summed E-state index contributed by atoms with van der Waals surface area (Å²) in [6.45, 7) is 11.1. The van der Waals surface area contributed by atoms with Gasteiger partial charge in [0.25, 0.3) is 0 Å². The van der Waals surface area contributed by atoms with E-state index in [1.165, 1.54) is 11.6 Å². The Balaban J connectivity index is 0. The SMILES string of the molecule is CC(C)(C)CC(C)(C)[NH3+].[N-]=C=S. The molecule has 3 N–H and O–H groups in total. The first-order valence-corrected chi connectivity index (χ1v) is 4.40. The molecular formula is C9H20N2S. The van der Waals surface area contributed by atoms with Gasteiger partial charge in [-0.1, -0.05) is 33.0 Å². The van der Waals surface area contributed by atoms with Gasteiger partial charge in [0.15, 0.2) is 0 Å². The third-order valence-corrected chi connectivity index (χ3v) is 1.01. The van der Waals surface area contributed by atoms with Crippen LogP contribution in [0.3, 0.4) is 0 Å². The molecule has 0 aromatic rings. The summed E-state index contributed by atoms with van der Waals surface area (Å²) in [5.74, 6) is 0. The quantitative estimate of drug-likeness (QED) is 0.497. The van der Waals surface area contributed by atoms with Crippen LogP contribution in [0.25, 0.3) is 5.41 Å². The molecule has 0 unspecified atom stereocenters. The molecule has 2 nitrogen and oxygen atoms in total. The van der Waals surface area contributed by atoms with Crippen LogP contribution < -0.4 is 5.73 Å². The van der Waals surface area contributed by atoms with Crippen LogP contribution >= 0.6 is 12.2 Å². The van der Waals surface area contributed by atoms with Crippen molar-refractivity contribution in [1.29, 1.82) is 0 Å². The van der Waals surface area contributed by atoms with E-state index in [0.29, 0.717) is 5.41 Å². The highest BCUT2D eigenvalue weighted by molar-refractivity contribution is 7.78. The van der Waals surface area contributed by atoms with E-state index in [0.717, 1.165) is 0 Å². The molecule has 0 aliphatic rings. The Hall–Kier alpha value is -0.240. The average molecular weight is 188 g/mol. The molecule has 0 aromatic heterocycles. The molecule has 0 fully saturated rings. The Labute approximate surface area is 81.0 Å². The Morgan fingerprint density at radius 1 is 1.25 bits per heavy atom. The summed E-state index contributed by atoms with van der Waals surface area (Å²) in [6, 6.07) is 0. The highest BCUT2D eigenvalue weighted by Gasteiger charge is 2.23. The van der Waals surface area contributed by atoms with Gasteiger partial charge in [-0.2, -0.15) is 5.16 Å². The molecule has 0 rings (SSSR count). The van der Waals surface area contributed by atoms with Crippen LogP contribution in [0.5, 0.6) is 0 Å². The first kappa shape index (κ1) is 14.3. The molecule has 0 heterocycles. The Morgan fingerprint density at radius 2 is 1.50 bits per heavy atom. The van der Waals surface area contributed by atoms with E-state index in [1.807, 2.05) is 0 Å². The van der Waals surface area contributed by atoms with Gasteiger partial charge in [-0.25, -0.2) is 0 Å². The number of quaternary nitrogens is 1. The summed E-state index contributed by atoms with van der Waals surface area (Å²) in [5, 5.41) is 8.47. The van der Waals surface area contributed by atoms with Crippen LogP contribution in [0.15, 0.2) is 0 Å². The lowest BCUT2D eigenvalue weighted by Crippen LogP contribution is -2.70. The van der Waals surface area contributed by atoms with Crippen LogP contribution in [0.4, 0.5) is 0 Å². The van der Waals surface area contributed by atoms with Gasteiger partial charge in [0.2, 0.25) is 0 Å². The van der Waals surface area contributed by atoms with E-state index in [4.69, 9.17) is 5.41 Å². The zero-order chi connectivity index (χ0) is 10.4. The van der Waals surface area contributed by atoms with Crippen molar-refractivity contribution in [2.75, 3.05) is 0 Å². The number of hydrogen-bond donors (Lipinski definition) is 1. The normalized spacial score (nSPS) is 11.2. The van der Waals surface area contributed by atoms with Crippen molar-refractivity contribution in [2.24, 2.45) is 5.41 Å². The standard InChI is InChI=1S/C8H19N.CNS/c1-7(2,3)6-8(4,5)9;2-1-3/h6,9H2,1-5H3;/q;-1/p+1. The maximum absolute atomic E-state index is 7.13. The molecule has 0 saturated heterocycles. The van der Waals surface area contributed by atoms with Crippen LogP contribution in [-0.2, 0) is 0 Å². The fourth-order valence-electron chi connectivity index (χ4n) is 1.44. The van der Waals surface area contributed by atoms with Crippen molar-refractivity contribution in [2.45, 2.75) is 46.6 Å². The van der Waals surface area contributed by atoms with Crippen molar-refractivity contribution in [3.05, 3.63) is 5.41 Å². The minimum atomic E-state index is 0.234. The minimum absolute atomic E-state index is 0.234. The lowest BCUT2D eigenvalue weighted by molar-refractivity contribution is -0.470. The molecule has 0 radical (unpaired) electrons. The highest BCUT2D eigenvalue weighted by atomic mass is 32.1. The fraction of sp³-hybridized carbons (Fsp3) is 0.889. The zero-order valence-electron chi connectivity index (χ0n) is 8.77. The maximum atomic E-state index is 7.13. The van der Waals surface area contributed by atoms with Gasteiger partial charge >= 0.3 is 0 Å². The van der Waals surface area contributed by atoms with Crippen LogP contribution in [0.2, 0.25) is 0 Å². The number of hydrogen-bond acceptors (Lipinski definition) is 1. The van der Waals surface area contributed by atoms with E-state index in [-0.39, 0.29) is 5.54 Å². The molecular weight excluding hydrogens is 168 g/mol. The van der Waals surface area contributed by atoms with Crippen LogP contribution in [0, 0.1) is 5.41 Å². The van der Waals surface area contributed by atoms with E-state index in [9.17, 15) is 0 Å². The summed E-state index contributed by atoms with van der Waals surface area (Å²) in [7, 11) is 0. The van der Waals surface area contributed by atoms with Crippen molar-refractivity contribution in [3.8, 4) is 0 Å². The molecule has 0 aliphatic carbocycles. The maximum Gasteiger partial charge on any atom is 0.0894 e. The second kappa shape index (κ2) is 5.41. The van der Waals surface area contributed by atoms with Crippen molar-refractivity contribution in [3.63, 3.8) is 0 Å². The number of nitrogens with zero attached hydrogens (tertiary/aromatic N) is 1. The van der Waals surface area contributed by atoms with E-state index >= 15 is 0 Å². The molecule has 0 amide bonds. The van der Waals surface area contributed by atoms with Crippen LogP contribution in [-0.4, -0.2) is 10.7 Å². The Morgan fingerprint density at radius 3 is 1.50 bits per heavy atom. The van der Waals surface area contributed by atoms with E-state index in [2.05, 4.69) is 52.6 Å². The minimum Gasteiger partial charge on any atom is -0.753 e. The van der Waals surface area contributed by atoms with Gasteiger partial charge < -0.3 is 11.1 Å². The van der Waals surface area contributed by atoms with Crippen molar-refractivity contribution < 1.29 is 5.73 Å². The predicted molar refractivity (Wildman–Crippen MR) is 57.0 cm³/mol. The molecule has 0 bridgehead atoms. The largest absolute Gasteiger partial charge is 0.753 e. The summed E-state index contributed by atoms with van der Waals surface area (Å²) in [6.07, 6.45) is 1.18. The topological polar surface area (TPSA) is 49.9 Å². The van der Waals surface area contributed by atoms with Gasteiger partial charge in [-0.3, -0.25) is 0 Å². The van der Waals surface area contributed by atoms with Gasteiger partial charge in [-0.05, 0) is 19.3 Å². The molecule has 3 heteroatoms. The third-order valence-electron chi connectivity index (χ3n) is 1.01. The molecule has 12 heavy (non-hydrogen) atoms. The monoisotopic (exact) mass is 188 g/mol. The fourth-order valence-corrected chi connectivity index (χ4v) is 1.44. The van der Waals surface area contributed by atoms with Crippen molar-refractivity contribution in [1.82, 2.24) is 0 Å². The molecule has 72 valence electrons. The van der Waals surface area contributed by atoms with Crippen molar-refractivity contribution >= 4 is 17.4 Å². The summed E-state index contributed by atoms with van der Waals surface area (Å²) in [5.41, 5.74) is 4.71. The summed E-state index contributed by atoms with van der Waals surface area (Å²) in [4.78, 5) is 0. The predicted octanol–water partition coefficient (Wildman–Crippen LogP) is 2.10. The number of rotatable bonds is 1. The molecule has 0 aromatic carbocycles. The first-order chi connectivity index (χ1) is 5.12. The number of thiocarbonyl (C=S) groups is 1. The smallest absolute Gasteiger partial charge is 0.0894 e. The lowest BCUT2D eigenvalue weighted by atomic mass is 9.82. The molecule has 0 atom stereocenters. The van der Waals surface area contributed by atoms with Gasteiger partial charge in [0.1, 0.15) is 0 Å². The summed E-state index contributed by atoms with van der Waals surface area (Å²) >= 11 is 3.70. The van der Waals surface area contributed by atoms with E-state index in [1.54, 1.807) is 0 Å². The average Bonchev–Trinajstić information content (AvgIpc) is 1.53. The zero-order valence-corrected chi connectivity index (χ0v) is 9.59. The molecule has 0 spiro atoms. The van der Waals surface area contributed by atoms with Gasteiger partial charge in [0.05, 0.1) is 5.54 Å². The third kappa shape index (κ3) is 22.6. The number of isothiocyanates is 1. The van der Waals surface area contributed by atoms with E-state index < -0.39 is 0 Å². The second-order valence-corrected chi connectivity index (χ2v) is 5.18. The molecule has 0 aliphatic heterocycles. The Kier molecular flexibility index (Phi) is 6.45. The Bertz CT molecular complexity index is 133. The second-order valence-electron chi connectivity index (χ2n) is 4.99. The summed E-state index contributed by atoms with van der Waals surface area (Å²) < 4.78 is 0.